The Balaban J connectivity index is 1.62. The van der Waals surface area contributed by atoms with Crippen LogP contribution in [0.1, 0.15) is 24.6 Å². The van der Waals surface area contributed by atoms with Crippen molar-refractivity contribution in [3.63, 3.8) is 0 Å². The van der Waals surface area contributed by atoms with Crippen LogP contribution >= 0.6 is 15.9 Å². The fourth-order valence-corrected chi connectivity index (χ4v) is 3.02. The second-order valence-corrected chi connectivity index (χ2v) is 6.67. The molecule has 1 aromatic heterocycles. The normalized spacial score (nSPS) is 16.5. The highest BCUT2D eigenvalue weighted by Crippen LogP contribution is 2.21. The van der Waals surface area contributed by atoms with Crippen molar-refractivity contribution < 1.29 is 14.0 Å². The van der Waals surface area contributed by atoms with Crippen molar-refractivity contribution in [2.24, 2.45) is 5.16 Å². The van der Waals surface area contributed by atoms with Crippen molar-refractivity contribution in [3.8, 4) is 0 Å². The summed E-state index contributed by atoms with van der Waals surface area (Å²) >= 11 is 3.46. The number of halogens is 2. The number of amides is 1. The zero-order valence-corrected chi connectivity index (χ0v) is 15.5. The first-order chi connectivity index (χ1) is 12.0. The molecule has 1 aliphatic heterocycles. The number of rotatable bonds is 5. The van der Waals surface area contributed by atoms with E-state index in [1.165, 1.54) is 12.1 Å². The van der Waals surface area contributed by atoms with Gasteiger partial charge in [-0.1, -0.05) is 17.3 Å². The monoisotopic (exact) mass is 408 g/mol. The van der Waals surface area contributed by atoms with E-state index in [1.54, 1.807) is 28.8 Å². The lowest BCUT2D eigenvalue weighted by molar-refractivity contribution is -0.141. The molecule has 132 valence electrons. The standard InChI is InChI=1S/C17H18BrFN4O2/c1-3-23-9-13(18)15(20-23)10-22(2)17(24)16-8-14(21-25-16)11-4-6-12(19)7-5-11/h4-7,9,16H,3,8,10H2,1-2H3. The summed E-state index contributed by atoms with van der Waals surface area (Å²) in [4.78, 5) is 19.4. The molecule has 3 rings (SSSR count). The molecule has 6 nitrogen and oxygen atoms in total. The average molecular weight is 409 g/mol. The molecule has 0 bridgehead atoms. The number of likely N-dealkylation sites (N-methyl/N-ethyl adjacent to an activating group) is 1. The van der Waals surface area contributed by atoms with E-state index in [9.17, 15) is 9.18 Å². The van der Waals surface area contributed by atoms with Crippen LogP contribution in [-0.2, 0) is 22.7 Å². The zero-order valence-electron chi connectivity index (χ0n) is 13.9. The number of oxime groups is 1. The number of carbonyl (C=O) groups is 1. The fraction of sp³-hybridized carbons (Fsp3) is 0.353. The molecule has 1 aromatic carbocycles. The van der Waals surface area contributed by atoms with Gasteiger partial charge in [-0.25, -0.2) is 4.39 Å². The maximum atomic E-state index is 13.0. The van der Waals surface area contributed by atoms with Crippen LogP contribution in [-0.4, -0.2) is 39.5 Å². The van der Waals surface area contributed by atoms with E-state index >= 15 is 0 Å². The van der Waals surface area contributed by atoms with E-state index in [0.717, 1.165) is 22.3 Å². The molecule has 0 radical (unpaired) electrons. The summed E-state index contributed by atoms with van der Waals surface area (Å²) in [5, 5.41) is 8.40. The fourth-order valence-electron chi connectivity index (χ4n) is 2.58. The van der Waals surface area contributed by atoms with Crippen LogP contribution in [0.2, 0.25) is 0 Å². The van der Waals surface area contributed by atoms with Crippen molar-refractivity contribution in [2.75, 3.05) is 7.05 Å². The summed E-state index contributed by atoms with van der Waals surface area (Å²) in [5.74, 6) is -0.480. The van der Waals surface area contributed by atoms with Crippen LogP contribution in [0.25, 0.3) is 0 Å². The molecule has 1 atom stereocenters. The molecule has 0 spiro atoms. The van der Waals surface area contributed by atoms with Crippen LogP contribution in [0.4, 0.5) is 4.39 Å². The first-order valence-electron chi connectivity index (χ1n) is 7.93. The molecule has 0 saturated carbocycles. The molecular formula is C17H18BrFN4O2. The first-order valence-corrected chi connectivity index (χ1v) is 8.72. The van der Waals surface area contributed by atoms with E-state index < -0.39 is 6.10 Å². The number of benzene rings is 1. The molecule has 2 aromatic rings. The maximum absolute atomic E-state index is 13.0. The van der Waals surface area contributed by atoms with Crippen molar-refractivity contribution in [3.05, 3.63) is 52.0 Å². The van der Waals surface area contributed by atoms with E-state index in [-0.39, 0.29) is 11.7 Å². The minimum absolute atomic E-state index is 0.168. The van der Waals surface area contributed by atoms with Gasteiger partial charge < -0.3 is 9.74 Å². The third-order valence-electron chi connectivity index (χ3n) is 4.00. The van der Waals surface area contributed by atoms with E-state index in [4.69, 9.17) is 4.84 Å². The van der Waals surface area contributed by atoms with E-state index in [1.807, 2.05) is 13.1 Å². The summed E-state index contributed by atoms with van der Waals surface area (Å²) in [6.45, 7) is 3.13. The predicted octanol–water partition coefficient (Wildman–Crippen LogP) is 2.96. The highest BCUT2D eigenvalue weighted by molar-refractivity contribution is 9.10. The van der Waals surface area contributed by atoms with Gasteiger partial charge in [0.25, 0.3) is 5.91 Å². The number of hydrogen-bond donors (Lipinski definition) is 0. The smallest absolute Gasteiger partial charge is 0.267 e. The Labute approximate surface area is 153 Å². The van der Waals surface area contributed by atoms with E-state index in [0.29, 0.717) is 18.7 Å². The number of nitrogens with zero attached hydrogens (tertiary/aromatic N) is 4. The van der Waals surface area contributed by atoms with Gasteiger partial charge >= 0.3 is 0 Å². The number of carbonyl (C=O) groups excluding carboxylic acids is 1. The Hall–Kier alpha value is -2.22. The Bertz CT molecular complexity index is 803. The quantitative estimate of drug-likeness (QED) is 0.763. The van der Waals surface area contributed by atoms with Gasteiger partial charge in [0, 0.05) is 26.2 Å². The van der Waals surface area contributed by atoms with Gasteiger partial charge in [0.2, 0.25) is 6.10 Å². The molecule has 0 saturated heterocycles. The summed E-state index contributed by atoms with van der Waals surface area (Å²) < 4.78 is 15.7. The van der Waals surface area contributed by atoms with Crippen molar-refractivity contribution in [1.29, 1.82) is 0 Å². The van der Waals surface area contributed by atoms with Crippen LogP contribution in [0.15, 0.2) is 40.1 Å². The summed E-state index contributed by atoms with van der Waals surface area (Å²) in [6, 6.07) is 5.98. The lowest BCUT2D eigenvalue weighted by Gasteiger charge is -2.19. The average Bonchev–Trinajstić information content (AvgIpc) is 3.22. The highest BCUT2D eigenvalue weighted by atomic mass is 79.9. The molecular weight excluding hydrogens is 391 g/mol. The van der Waals surface area contributed by atoms with Crippen molar-refractivity contribution in [2.45, 2.75) is 32.5 Å². The second kappa shape index (κ2) is 7.35. The third-order valence-corrected chi connectivity index (χ3v) is 4.66. The van der Waals surface area contributed by atoms with Crippen LogP contribution < -0.4 is 0 Å². The minimum Gasteiger partial charge on any atom is -0.382 e. The van der Waals surface area contributed by atoms with Crippen LogP contribution in [0.3, 0.4) is 0 Å². The van der Waals surface area contributed by atoms with Crippen molar-refractivity contribution in [1.82, 2.24) is 14.7 Å². The van der Waals surface area contributed by atoms with Gasteiger partial charge in [0.05, 0.1) is 22.4 Å². The third kappa shape index (κ3) is 3.89. The predicted molar refractivity (Wildman–Crippen MR) is 94.5 cm³/mol. The van der Waals surface area contributed by atoms with Crippen LogP contribution in [0, 0.1) is 5.82 Å². The van der Waals surface area contributed by atoms with Gasteiger partial charge in [0.1, 0.15) is 5.82 Å². The molecule has 0 aliphatic carbocycles. The van der Waals surface area contributed by atoms with Gasteiger partial charge in [0.15, 0.2) is 0 Å². The van der Waals surface area contributed by atoms with Gasteiger partial charge in [-0.15, -0.1) is 0 Å². The zero-order chi connectivity index (χ0) is 18.0. The molecule has 1 amide bonds. The molecule has 0 N–H and O–H groups in total. The Morgan fingerprint density at radius 3 is 2.80 bits per heavy atom. The van der Waals surface area contributed by atoms with Gasteiger partial charge in [-0.3, -0.25) is 9.48 Å². The largest absolute Gasteiger partial charge is 0.382 e. The SMILES string of the molecule is CCn1cc(Br)c(CN(C)C(=O)C2CC(c3ccc(F)cc3)=NO2)n1. The van der Waals surface area contributed by atoms with Crippen LogP contribution in [0.5, 0.6) is 0 Å². The molecule has 0 fully saturated rings. The summed E-state index contributed by atoms with van der Waals surface area (Å²) in [6.07, 6.45) is 1.58. The Morgan fingerprint density at radius 1 is 1.44 bits per heavy atom. The Morgan fingerprint density at radius 2 is 2.16 bits per heavy atom. The minimum atomic E-state index is -0.669. The summed E-state index contributed by atoms with van der Waals surface area (Å²) in [7, 11) is 1.71. The number of aryl methyl sites for hydroxylation is 1. The highest BCUT2D eigenvalue weighted by Gasteiger charge is 2.31. The molecule has 2 heterocycles. The molecule has 1 aliphatic rings. The number of hydrogen-bond acceptors (Lipinski definition) is 4. The number of aromatic nitrogens is 2. The van der Waals surface area contributed by atoms with Gasteiger partial charge in [-0.2, -0.15) is 5.10 Å². The van der Waals surface area contributed by atoms with Gasteiger partial charge in [-0.05, 0) is 40.5 Å². The molecule has 8 heteroatoms. The second-order valence-electron chi connectivity index (χ2n) is 5.82. The Kier molecular flexibility index (Phi) is 5.17. The first kappa shape index (κ1) is 17.6. The maximum Gasteiger partial charge on any atom is 0.267 e. The topological polar surface area (TPSA) is 59.7 Å². The lowest BCUT2D eigenvalue weighted by Crippen LogP contribution is -2.36. The lowest BCUT2D eigenvalue weighted by atomic mass is 10.0. The molecule has 25 heavy (non-hydrogen) atoms. The molecule has 1 unspecified atom stereocenters. The van der Waals surface area contributed by atoms with E-state index in [2.05, 4.69) is 26.2 Å². The van der Waals surface area contributed by atoms with Crippen molar-refractivity contribution >= 4 is 27.5 Å². The summed E-state index contributed by atoms with van der Waals surface area (Å²) in [5.41, 5.74) is 2.18.